The van der Waals surface area contributed by atoms with Crippen LogP contribution in [0.5, 0.6) is 0 Å². The second kappa shape index (κ2) is 2.98. The molecule has 0 atom stereocenters. The summed E-state index contributed by atoms with van der Waals surface area (Å²) in [6.07, 6.45) is 10.9. The third kappa shape index (κ3) is 0.996. The number of hydrogen-bond acceptors (Lipinski definition) is 0. The highest BCUT2D eigenvalue weighted by atomic mass is 14.4. The van der Waals surface area contributed by atoms with Gasteiger partial charge in [0.15, 0.2) is 0 Å². The minimum Gasteiger partial charge on any atom is -0.0616 e. The number of allylic oxidation sites excluding steroid dienone is 5. The van der Waals surface area contributed by atoms with Crippen molar-refractivity contribution in [1.82, 2.24) is 0 Å². The highest BCUT2D eigenvalue weighted by molar-refractivity contribution is 6.00. The first-order chi connectivity index (χ1) is 7.93. The van der Waals surface area contributed by atoms with Crippen LogP contribution in [0.15, 0.2) is 47.6 Å². The smallest absolute Gasteiger partial charge is 0.0305 e. The van der Waals surface area contributed by atoms with Crippen LogP contribution in [0.4, 0.5) is 0 Å². The number of benzene rings is 1. The van der Waals surface area contributed by atoms with Crippen LogP contribution >= 0.6 is 0 Å². The summed E-state index contributed by atoms with van der Waals surface area (Å²) in [5.74, 6) is 1.61. The van der Waals surface area contributed by atoms with Crippen LogP contribution < -0.4 is 0 Å². The molecule has 0 nitrogen and oxygen atoms in total. The lowest BCUT2D eigenvalue weighted by molar-refractivity contribution is 0.912. The molecule has 0 heterocycles. The van der Waals surface area contributed by atoms with E-state index >= 15 is 0 Å². The largest absolute Gasteiger partial charge is 0.0616 e. The van der Waals surface area contributed by atoms with Crippen molar-refractivity contribution in [2.45, 2.75) is 19.3 Å². The molecule has 1 aromatic rings. The van der Waals surface area contributed by atoms with E-state index in [1.165, 1.54) is 41.5 Å². The van der Waals surface area contributed by atoms with Gasteiger partial charge in [0, 0.05) is 5.92 Å². The lowest BCUT2D eigenvalue weighted by Crippen LogP contribution is -2.02. The second-order valence-electron chi connectivity index (χ2n) is 4.75. The Balaban J connectivity index is 1.93. The first-order valence-electron chi connectivity index (χ1n) is 6.02. The average molecular weight is 205 g/mol. The Hall–Kier alpha value is -1.56. The SMILES string of the molecule is C1=C2CCC[C]2C2=Cc3ccccc3C2=C1. The number of hydrogen-bond donors (Lipinski definition) is 0. The van der Waals surface area contributed by atoms with Gasteiger partial charge in [-0.05, 0) is 47.6 Å². The van der Waals surface area contributed by atoms with Gasteiger partial charge in [0.25, 0.3) is 0 Å². The van der Waals surface area contributed by atoms with Crippen LogP contribution in [0.1, 0.15) is 30.4 Å². The van der Waals surface area contributed by atoms with Crippen molar-refractivity contribution in [3.8, 4) is 0 Å². The Morgan fingerprint density at radius 2 is 1.81 bits per heavy atom. The van der Waals surface area contributed by atoms with Gasteiger partial charge in [0.1, 0.15) is 0 Å². The van der Waals surface area contributed by atoms with E-state index in [1.54, 1.807) is 11.5 Å². The van der Waals surface area contributed by atoms with Crippen LogP contribution in [-0.4, -0.2) is 0 Å². The van der Waals surface area contributed by atoms with Gasteiger partial charge in [0.05, 0.1) is 0 Å². The van der Waals surface area contributed by atoms with E-state index in [1.807, 2.05) is 0 Å². The fourth-order valence-electron chi connectivity index (χ4n) is 3.12. The number of fused-ring (bicyclic) bond motifs is 5. The molecule has 0 heteroatoms. The van der Waals surface area contributed by atoms with E-state index in [2.05, 4.69) is 42.5 Å². The molecule has 0 unspecified atom stereocenters. The molecule has 1 radical (unpaired) electrons. The second-order valence-corrected chi connectivity index (χ2v) is 4.75. The fourth-order valence-corrected chi connectivity index (χ4v) is 3.12. The van der Waals surface area contributed by atoms with E-state index in [9.17, 15) is 0 Å². The molecule has 1 aromatic carbocycles. The lowest BCUT2D eigenvalue weighted by atomic mass is 9.84. The van der Waals surface area contributed by atoms with Gasteiger partial charge in [-0.1, -0.05) is 42.0 Å². The molecule has 3 aliphatic rings. The van der Waals surface area contributed by atoms with Crippen molar-refractivity contribution < 1.29 is 0 Å². The van der Waals surface area contributed by atoms with Crippen LogP contribution in [0.3, 0.4) is 0 Å². The van der Waals surface area contributed by atoms with E-state index in [0.717, 1.165) is 0 Å². The third-order valence-electron chi connectivity index (χ3n) is 3.88. The normalized spacial score (nSPS) is 21.9. The molecule has 3 aliphatic carbocycles. The van der Waals surface area contributed by atoms with Gasteiger partial charge in [-0.15, -0.1) is 0 Å². The molecule has 16 heavy (non-hydrogen) atoms. The third-order valence-corrected chi connectivity index (χ3v) is 3.88. The lowest BCUT2D eigenvalue weighted by Gasteiger charge is -2.19. The van der Waals surface area contributed by atoms with Crippen molar-refractivity contribution >= 4 is 11.6 Å². The quantitative estimate of drug-likeness (QED) is 0.596. The van der Waals surface area contributed by atoms with E-state index in [0.29, 0.717) is 0 Å². The molecule has 1 fully saturated rings. The Morgan fingerprint density at radius 3 is 2.81 bits per heavy atom. The highest BCUT2D eigenvalue weighted by Gasteiger charge is 2.32. The zero-order chi connectivity index (χ0) is 10.5. The molecule has 0 aromatic heterocycles. The van der Waals surface area contributed by atoms with Crippen molar-refractivity contribution in [1.29, 1.82) is 0 Å². The summed E-state index contributed by atoms with van der Waals surface area (Å²) in [5, 5.41) is 0. The van der Waals surface area contributed by atoms with E-state index < -0.39 is 0 Å². The van der Waals surface area contributed by atoms with Crippen molar-refractivity contribution in [3.05, 3.63) is 64.6 Å². The molecule has 0 saturated heterocycles. The van der Waals surface area contributed by atoms with Gasteiger partial charge in [-0.2, -0.15) is 0 Å². The summed E-state index contributed by atoms with van der Waals surface area (Å²) in [6, 6.07) is 8.71. The Bertz CT molecular complexity index is 555. The zero-order valence-electron chi connectivity index (χ0n) is 9.16. The molecule has 77 valence electrons. The maximum atomic E-state index is 2.37. The topological polar surface area (TPSA) is 0 Å². The Labute approximate surface area is 96.0 Å². The van der Waals surface area contributed by atoms with E-state index in [4.69, 9.17) is 0 Å². The summed E-state index contributed by atoms with van der Waals surface area (Å²) in [4.78, 5) is 0. The van der Waals surface area contributed by atoms with Crippen molar-refractivity contribution in [2.75, 3.05) is 0 Å². The van der Waals surface area contributed by atoms with Crippen LogP contribution in [0.2, 0.25) is 0 Å². The summed E-state index contributed by atoms with van der Waals surface area (Å²) < 4.78 is 0. The molecule has 4 rings (SSSR count). The molecule has 0 bridgehead atoms. The number of rotatable bonds is 0. The molecule has 0 spiro atoms. The Morgan fingerprint density at radius 1 is 0.875 bits per heavy atom. The predicted octanol–water partition coefficient (Wildman–Crippen LogP) is 4.17. The minimum absolute atomic E-state index is 1.27. The van der Waals surface area contributed by atoms with Gasteiger partial charge >= 0.3 is 0 Å². The minimum atomic E-state index is 1.27. The van der Waals surface area contributed by atoms with Crippen LogP contribution in [0, 0.1) is 5.92 Å². The molecule has 1 saturated carbocycles. The predicted molar refractivity (Wildman–Crippen MR) is 67.6 cm³/mol. The molecule has 0 aliphatic heterocycles. The molecule has 0 N–H and O–H groups in total. The van der Waals surface area contributed by atoms with Gasteiger partial charge in [-0.25, -0.2) is 0 Å². The summed E-state index contributed by atoms with van der Waals surface area (Å²) in [5.41, 5.74) is 7.31. The molecule has 0 amide bonds. The van der Waals surface area contributed by atoms with E-state index in [-0.39, 0.29) is 0 Å². The summed E-state index contributed by atoms with van der Waals surface area (Å²) in [7, 11) is 0. The monoisotopic (exact) mass is 205 g/mol. The first-order valence-corrected chi connectivity index (χ1v) is 6.02. The fraction of sp³-hybridized carbons (Fsp3) is 0.188. The van der Waals surface area contributed by atoms with Crippen molar-refractivity contribution in [2.24, 2.45) is 0 Å². The van der Waals surface area contributed by atoms with Gasteiger partial charge in [-0.3, -0.25) is 0 Å². The molecular formula is C16H13. The molecular weight excluding hydrogens is 192 g/mol. The van der Waals surface area contributed by atoms with Crippen molar-refractivity contribution in [3.63, 3.8) is 0 Å². The average Bonchev–Trinajstić information content (AvgIpc) is 2.92. The summed E-state index contributed by atoms with van der Waals surface area (Å²) >= 11 is 0. The zero-order valence-corrected chi connectivity index (χ0v) is 9.16. The van der Waals surface area contributed by atoms with Gasteiger partial charge in [0.2, 0.25) is 0 Å². The summed E-state index contributed by atoms with van der Waals surface area (Å²) in [6.45, 7) is 0. The maximum Gasteiger partial charge on any atom is 0.0305 e. The first kappa shape index (κ1) is 8.58. The van der Waals surface area contributed by atoms with Gasteiger partial charge < -0.3 is 0 Å². The standard InChI is InChI=1S/C16H13/c1-2-6-14-12(4-1)10-16-13-7-3-5-11(13)8-9-15(14)16/h1-2,4,6,8-10H,3,5,7H2. The maximum absolute atomic E-state index is 2.37. The van der Waals surface area contributed by atoms with Crippen LogP contribution in [-0.2, 0) is 0 Å². The highest BCUT2D eigenvalue weighted by Crippen LogP contribution is 2.50. The van der Waals surface area contributed by atoms with Crippen LogP contribution in [0.25, 0.3) is 11.6 Å². The Kier molecular flexibility index (Phi) is 1.59.